The fourth-order valence-electron chi connectivity index (χ4n) is 4.29. The highest BCUT2D eigenvalue weighted by molar-refractivity contribution is 7.89. The Hall–Kier alpha value is -2.97. The van der Waals surface area contributed by atoms with Crippen LogP contribution in [0.4, 0.5) is 0 Å². The zero-order valence-electron chi connectivity index (χ0n) is 18.5. The number of aryl methyl sites for hydroxylation is 1. The van der Waals surface area contributed by atoms with Gasteiger partial charge in [0.1, 0.15) is 0 Å². The number of rotatable bonds is 9. The Morgan fingerprint density at radius 2 is 1.79 bits per heavy atom. The van der Waals surface area contributed by atoms with E-state index in [-0.39, 0.29) is 16.8 Å². The van der Waals surface area contributed by atoms with Gasteiger partial charge in [0.15, 0.2) is 0 Å². The van der Waals surface area contributed by atoms with E-state index in [1.807, 2.05) is 35.0 Å². The van der Waals surface area contributed by atoms with Gasteiger partial charge in [0.05, 0.1) is 22.8 Å². The van der Waals surface area contributed by atoms with Gasteiger partial charge in [0.2, 0.25) is 15.9 Å². The first-order chi connectivity index (χ1) is 16.0. The molecular formula is C25H28N4O3S. The lowest BCUT2D eigenvalue weighted by atomic mass is 10.1. The third-order valence-corrected chi connectivity index (χ3v) is 7.78. The number of nitrogens with one attached hydrogen (secondary N) is 2. The molecule has 8 heteroatoms. The number of hydrogen-bond donors (Lipinski definition) is 2. The lowest BCUT2D eigenvalue weighted by molar-refractivity contribution is -0.121. The fourth-order valence-corrected chi connectivity index (χ4v) is 5.60. The predicted molar refractivity (Wildman–Crippen MR) is 126 cm³/mol. The standard InChI is InChI=1S/C25H28N4O3S/c30-25(16-11-18-9-14-21(15-10-18)33(31,32)28-19-12-13-19)26-17-23-22-7-4-8-24(22)29(27-23)20-5-2-1-3-6-20/h1-3,5-6,9-10,14-15,19,28H,4,7-8,11-13,16-17H2,(H,26,30). The Balaban J connectivity index is 1.16. The van der Waals surface area contributed by atoms with E-state index < -0.39 is 10.0 Å². The van der Waals surface area contributed by atoms with Gasteiger partial charge >= 0.3 is 0 Å². The molecule has 1 saturated carbocycles. The van der Waals surface area contributed by atoms with E-state index in [9.17, 15) is 13.2 Å². The van der Waals surface area contributed by atoms with Crippen LogP contribution < -0.4 is 10.0 Å². The van der Waals surface area contributed by atoms with Gasteiger partial charge in [-0.05, 0) is 73.9 Å². The summed E-state index contributed by atoms with van der Waals surface area (Å²) in [4.78, 5) is 12.7. The molecule has 0 unspecified atom stereocenters. The number of aromatic nitrogens is 2. The van der Waals surface area contributed by atoms with Gasteiger partial charge in [-0.15, -0.1) is 0 Å². The summed E-state index contributed by atoms with van der Waals surface area (Å²) < 4.78 is 29.2. The Bertz CT molecular complexity index is 1250. The van der Waals surface area contributed by atoms with Crippen LogP contribution in [-0.4, -0.2) is 30.1 Å². The summed E-state index contributed by atoms with van der Waals surface area (Å²) in [5.41, 5.74) is 5.43. The summed E-state index contributed by atoms with van der Waals surface area (Å²) in [7, 11) is -3.45. The second-order valence-electron chi connectivity index (χ2n) is 8.79. The van der Waals surface area contributed by atoms with Crippen molar-refractivity contribution in [2.75, 3.05) is 0 Å². The predicted octanol–water partition coefficient (Wildman–Crippen LogP) is 3.05. The average molecular weight is 465 g/mol. The maximum absolute atomic E-state index is 12.5. The smallest absolute Gasteiger partial charge is 0.240 e. The lowest BCUT2D eigenvalue weighted by Crippen LogP contribution is -2.25. The summed E-state index contributed by atoms with van der Waals surface area (Å²) in [6, 6.07) is 17.0. The highest BCUT2D eigenvalue weighted by Gasteiger charge is 2.28. The number of carbonyl (C=O) groups excluding carboxylic acids is 1. The van der Waals surface area contributed by atoms with E-state index in [1.165, 1.54) is 11.3 Å². The van der Waals surface area contributed by atoms with Crippen LogP contribution in [0.3, 0.4) is 0 Å². The molecule has 0 spiro atoms. The summed E-state index contributed by atoms with van der Waals surface area (Å²) in [5, 5.41) is 7.80. The minimum Gasteiger partial charge on any atom is -0.350 e. The van der Waals surface area contributed by atoms with Crippen LogP contribution in [0.15, 0.2) is 59.5 Å². The summed E-state index contributed by atoms with van der Waals surface area (Å²) in [5.74, 6) is -0.0388. The summed E-state index contributed by atoms with van der Waals surface area (Å²) in [6.45, 7) is 0.422. The molecule has 2 aliphatic carbocycles. The molecule has 172 valence electrons. The number of para-hydroxylation sites is 1. The van der Waals surface area contributed by atoms with Gasteiger partial charge in [-0.1, -0.05) is 30.3 Å². The quantitative estimate of drug-likeness (QED) is 0.509. The van der Waals surface area contributed by atoms with Crippen LogP contribution in [0.2, 0.25) is 0 Å². The Labute approximate surface area is 194 Å². The largest absolute Gasteiger partial charge is 0.350 e. The van der Waals surface area contributed by atoms with Crippen LogP contribution in [0, 0.1) is 0 Å². The maximum Gasteiger partial charge on any atom is 0.240 e. The first-order valence-electron chi connectivity index (χ1n) is 11.5. The van der Waals surface area contributed by atoms with Crippen molar-refractivity contribution in [3.05, 3.63) is 77.1 Å². The molecule has 0 atom stereocenters. The number of benzene rings is 2. The van der Waals surface area contributed by atoms with E-state index in [2.05, 4.69) is 10.0 Å². The lowest BCUT2D eigenvalue weighted by Gasteiger charge is -2.07. The number of carbonyl (C=O) groups is 1. The molecule has 2 aromatic carbocycles. The molecule has 1 fully saturated rings. The average Bonchev–Trinajstić information content (AvgIpc) is 3.37. The monoisotopic (exact) mass is 464 g/mol. The van der Waals surface area contributed by atoms with E-state index in [1.54, 1.807) is 24.3 Å². The number of sulfonamides is 1. The molecule has 1 amide bonds. The van der Waals surface area contributed by atoms with E-state index >= 15 is 0 Å². The molecule has 0 bridgehead atoms. The number of amides is 1. The van der Waals surface area contributed by atoms with Crippen molar-refractivity contribution in [2.45, 2.75) is 62.4 Å². The Morgan fingerprint density at radius 1 is 1.03 bits per heavy atom. The van der Waals surface area contributed by atoms with Gasteiger partial charge in [-0.25, -0.2) is 17.8 Å². The zero-order chi connectivity index (χ0) is 22.8. The number of fused-ring (bicyclic) bond motifs is 1. The molecule has 33 heavy (non-hydrogen) atoms. The number of nitrogens with zero attached hydrogens (tertiary/aromatic N) is 2. The highest BCUT2D eigenvalue weighted by atomic mass is 32.2. The summed E-state index contributed by atoms with van der Waals surface area (Å²) >= 11 is 0. The van der Waals surface area contributed by atoms with Crippen LogP contribution in [0.25, 0.3) is 5.69 Å². The van der Waals surface area contributed by atoms with Crippen LogP contribution >= 0.6 is 0 Å². The van der Waals surface area contributed by atoms with Crippen molar-refractivity contribution < 1.29 is 13.2 Å². The molecule has 2 aliphatic rings. The molecule has 1 aromatic heterocycles. The molecule has 0 aliphatic heterocycles. The molecule has 2 N–H and O–H groups in total. The molecule has 0 saturated heterocycles. The van der Waals surface area contributed by atoms with Crippen LogP contribution in [0.1, 0.15) is 48.2 Å². The molecule has 1 heterocycles. The van der Waals surface area contributed by atoms with Crippen molar-refractivity contribution in [3.63, 3.8) is 0 Å². The van der Waals surface area contributed by atoms with Gasteiger partial charge in [-0.2, -0.15) is 5.10 Å². The molecule has 7 nitrogen and oxygen atoms in total. The maximum atomic E-state index is 12.5. The molecular weight excluding hydrogens is 436 g/mol. The van der Waals surface area contributed by atoms with Crippen LogP contribution in [0.5, 0.6) is 0 Å². The Morgan fingerprint density at radius 3 is 2.52 bits per heavy atom. The third kappa shape index (κ3) is 5.02. The first-order valence-corrected chi connectivity index (χ1v) is 13.0. The molecule has 0 radical (unpaired) electrons. The van der Waals surface area contributed by atoms with E-state index in [0.717, 1.165) is 49.0 Å². The second kappa shape index (κ2) is 9.11. The zero-order valence-corrected chi connectivity index (χ0v) is 19.3. The number of hydrogen-bond acceptors (Lipinski definition) is 4. The fraction of sp³-hybridized carbons (Fsp3) is 0.360. The van der Waals surface area contributed by atoms with Crippen molar-refractivity contribution >= 4 is 15.9 Å². The first kappa shape index (κ1) is 21.9. The Kier molecular flexibility index (Phi) is 6.03. The third-order valence-electron chi connectivity index (χ3n) is 6.24. The minimum absolute atomic E-state index is 0.0388. The minimum atomic E-state index is -3.45. The SMILES string of the molecule is O=C(CCc1ccc(S(=O)(=O)NC2CC2)cc1)NCc1nn(-c2ccccc2)c2c1CCC2. The van der Waals surface area contributed by atoms with Crippen molar-refractivity contribution in [2.24, 2.45) is 0 Å². The van der Waals surface area contributed by atoms with Gasteiger partial charge in [-0.3, -0.25) is 4.79 Å². The van der Waals surface area contributed by atoms with Crippen molar-refractivity contribution in [1.29, 1.82) is 0 Å². The molecule has 5 rings (SSSR count). The topological polar surface area (TPSA) is 93.1 Å². The molecule has 3 aromatic rings. The van der Waals surface area contributed by atoms with Gasteiger partial charge in [0, 0.05) is 18.2 Å². The van der Waals surface area contributed by atoms with Crippen LogP contribution in [-0.2, 0) is 40.6 Å². The van der Waals surface area contributed by atoms with Gasteiger partial charge < -0.3 is 5.32 Å². The van der Waals surface area contributed by atoms with Gasteiger partial charge in [0.25, 0.3) is 0 Å². The second-order valence-corrected chi connectivity index (χ2v) is 10.5. The van der Waals surface area contributed by atoms with E-state index in [0.29, 0.717) is 19.4 Å². The van der Waals surface area contributed by atoms with Crippen molar-refractivity contribution in [1.82, 2.24) is 19.8 Å². The highest BCUT2D eigenvalue weighted by Crippen LogP contribution is 2.28. The van der Waals surface area contributed by atoms with E-state index in [4.69, 9.17) is 5.10 Å². The normalized spacial score (nSPS) is 15.4. The van der Waals surface area contributed by atoms with Crippen molar-refractivity contribution in [3.8, 4) is 5.69 Å². The summed E-state index contributed by atoms with van der Waals surface area (Å²) in [6.07, 6.45) is 5.82.